The van der Waals surface area contributed by atoms with Gasteiger partial charge in [-0.05, 0) is 92.8 Å². The van der Waals surface area contributed by atoms with E-state index in [1.807, 2.05) is 38.1 Å². The third-order valence-electron chi connectivity index (χ3n) is 6.50. The molecule has 3 aromatic carbocycles. The van der Waals surface area contributed by atoms with Crippen molar-refractivity contribution < 1.29 is 33.3 Å². The molecule has 3 rings (SSSR count). The van der Waals surface area contributed by atoms with Gasteiger partial charge in [0.05, 0.1) is 17.2 Å². The van der Waals surface area contributed by atoms with Crippen LogP contribution in [0.3, 0.4) is 0 Å². The Morgan fingerprint density at radius 3 is 1.71 bits per heavy atom. The molecule has 0 unspecified atom stereocenters. The normalized spacial score (nSPS) is 12.3. The summed E-state index contributed by atoms with van der Waals surface area (Å²) < 4.78 is 21.8. The summed E-state index contributed by atoms with van der Waals surface area (Å²) in [6, 6.07) is 20.5. The van der Waals surface area contributed by atoms with Crippen molar-refractivity contribution in [2.45, 2.75) is 78.4 Å². The zero-order valence-electron chi connectivity index (χ0n) is 24.4. The van der Waals surface area contributed by atoms with Gasteiger partial charge in [-0.1, -0.05) is 57.4 Å². The monoisotopic (exact) mass is 560 g/mol. The van der Waals surface area contributed by atoms with Gasteiger partial charge in [0.1, 0.15) is 11.5 Å². The molecule has 0 aliphatic heterocycles. The molecule has 0 heterocycles. The molecular weight excluding hydrogens is 520 g/mol. The molecule has 218 valence electrons. The topological polar surface area (TPSA) is 88.1 Å². The van der Waals surface area contributed by atoms with Gasteiger partial charge in [-0.25, -0.2) is 14.4 Å². The van der Waals surface area contributed by atoms with E-state index >= 15 is 0 Å². The van der Waals surface area contributed by atoms with Crippen molar-refractivity contribution in [3.63, 3.8) is 0 Å². The maximum absolute atomic E-state index is 12.6. The molecule has 41 heavy (non-hydrogen) atoms. The molecule has 0 N–H and O–H groups in total. The van der Waals surface area contributed by atoms with Crippen molar-refractivity contribution in [1.29, 1.82) is 0 Å². The lowest BCUT2D eigenvalue weighted by atomic mass is 10.1. The smallest absolute Gasteiger partial charge is 0.343 e. The van der Waals surface area contributed by atoms with Gasteiger partial charge >= 0.3 is 17.9 Å². The highest BCUT2D eigenvalue weighted by atomic mass is 16.6. The van der Waals surface area contributed by atoms with Crippen LogP contribution >= 0.6 is 0 Å². The van der Waals surface area contributed by atoms with Gasteiger partial charge in [-0.15, -0.1) is 0 Å². The van der Waals surface area contributed by atoms with Crippen LogP contribution < -0.4 is 9.47 Å². The molecule has 2 atom stereocenters. The molecule has 0 bridgehead atoms. The average Bonchev–Trinajstić information content (AvgIpc) is 2.99. The molecule has 0 saturated heterocycles. The van der Waals surface area contributed by atoms with E-state index in [9.17, 15) is 14.4 Å². The van der Waals surface area contributed by atoms with Gasteiger partial charge in [0, 0.05) is 6.61 Å². The fourth-order valence-corrected chi connectivity index (χ4v) is 4.07. The third-order valence-corrected chi connectivity index (χ3v) is 6.50. The van der Waals surface area contributed by atoms with Crippen LogP contribution in [0.1, 0.15) is 86.9 Å². The Bertz CT molecular complexity index is 1250. The van der Waals surface area contributed by atoms with Crippen LogP contribution in [0.25, 0.3) is 11.1 Å². The lowest BCUT2D eigenvalue weighted by molar-refractivity contribution is -0.146. The van der Waals surface area contributed by atoms with Crippen molar-refractivity contribution in [3.05, 3.63) is 83.9 Å². The second kappa shape index (κ2) is 16.3. The fraction of sp³-hybridized carbons (Fsp3) is 0.382. The highest BCUT2D eigenvalue weighted by Gasteiger charge is 2.16. The summed E-state index contributed by atoms with van der Waals surface area (Å²) in [6.45, 7) is 8.21. The Labute approximate surface area is 242 Å². The predicted octanol–water partition coefficient (Wildman–Crippen LogP) is 7.81. The Balaban J connectivity index is 1.51. The maximum Gasteiger partial charge on any atom is 0.343 e. The highest BCUT2D eigenvalue weighted by Crippen LogP contribution is 2.25. The van der Waals surface area contributed by atoms with Crippen molar-refractivity contribution in [1.82, 2.24) is 0 Å². The number of esters is 3. The number of benzene rings is 3. The van der Waals surface area contributed by atoms with E-state index in [0.29, 0.717) is 29.2 Å². The average molecular weight is 561 g/mol. The first kappa shape index (κ1) is 31.6. The lowest BCUT2D eigenvalue weighted by Crippen LogP contribution is -2.26. The van der Waals surface area contributed by atoms with E-state index in [0.717, 1.165) is 36.8 Å². The molecule has 0 aliphatic carbocycles. The van der Waals surface area contributed by atoms with E-state index in [1.165, 1.54) is 12.8 Å². The van der Waals surface area contributed by atoms with Crippen LogP contribution in [0.2, 0.25) is 0 Å². The van der Waals surface area contributed by atoms with Crippen LogP contribution in [-0.2, 0) is 14.3 Å². The van der Waals surface area contributed by atoms with Gasteiger partial charge in [-0.2, -0.15) is 0 Å². The second-order valence-electron chi connectivity index (χ2n) is 10.0. The zero-order valence-corrected chi connectivity index (χ0v) is 24.4. The molecule has 0 radical (unpaired) electrons. The molecule has 0 amide bonds. The minimum absolute atomic E-state index is 0.151. The van der Waals surface area contributed by atoms with Crippen molar-refractivity contribution in [3.8, 4) is 22.6 Å². The van der Waals surface area contributed by atoms with Crippen molar-refractivity contribution >= 4 is 17.9 Å². The summed E-state index contributed by atoms with van der Waals surface area (Å²) >= 11 is 0. The molecule has 7 nitrogen and oxygen atoms in total. The summed E-state index contributed by atoms with van der Waals surface area (Å²) in [6.07, 6.45) is 5.41. The minimum Gasteiger partial charge on any atom is -0.459 e. The van der Waals surface area contributed by atoms with E-state index < -0.39 is 24.0 Å². The third kappa shape index (κ3) is 10.2. The molecule has 0 aliphatic rings. The van der Waals surface area contributed by atoms with Gasteiger partial charge in [0.15, 0.2) is 6.10 Å². The molecule has 0 fully saturated rings. The molecule has 0 saturated carbocycles. The summed E-state index contributed by atoms with van der Waals surface area (Å²) in [4.78, 5) is 37.2. The first-order valence-corrected chi connectivity index (χ1v) is 14.4. The number of unbranched alkanes of at least 4 members (excludes halogenated alkanes) is 3. The number of rotatable bonds is 15. The molecular formula is C34H40O7. The second-order valence-corrected chi connectivity index (χ2v) is 10.0. The quantitative estimate of drug-likeness (QED) is 0.106. The van der Waals surface area contributed by atoms with Gasteiger partial charge in [0.25, 0.3) is 0 Å². The summed E-state index contributed by atoms with van der Waals surface area (Å²) in [5.74, 6) is -0.525. The zero-order chi connectivity index (χ0) is 29.6. The van der Waals surface area contributed by atoms with Crippen LogP contribution in [0.5, 0.6) is 11.5 Å². The van der Waals surface area contributed by atoms with E-state index in [-0.39, 0.29) is 6.10 Å². The van der Waals surface area contributed by atoms with Crippen LogP contribution in [0, 0.1) is 0 Å². The lowest BCUT2D eigenvalue weighted by Gasteiger charge is -2.13. The molecule has 0 aromatic heterocycles. The maximum atomic E-state index is 12.6. The number of hydrogen-bond donors (Lipinski definition) is 0. The molecule has 3 aromatic rings. The number of carbonyl (C=O) groups is 3. The first-order valence-electron chi connectivity index (χ1n) is 14.4. The molecule has 7 heteroatoms. The SMILES string of the molecule is CCCCCC[C@H](C)OC(=O)c1ccc(C(=O)Oc2ccc(-c3ccc(OC(=O)[C@H](C)OCCC)cc3)cc2)cc1. The van der Waals surface area contributed by atoms with Crippen molar-refractivity contribution in [2.75, 3.05) is 6.61 Å². The van der Waals surface area contributed by atoms with Crippen molar-refractivity contribution in [2.24, 2.45) is 0 Å². The van der Waals surface area contributed by atoms with E-state index in [4.69, 9.17) is 18.9 Å². The minimum atomic E-state index is -0.627. The Hall–Kier alpha value is -3.97. The Morgan fingerprint density at radius 1 is 0.634 bits per heavy atom. The van der Waals surface area contributed by atoms with E-state index in [2.05, 4.69) is 6.92 Å². The van der Waals surface area contributed by atoms with Crippen LogP contribution in [0.15, 0.2) is 72.8 Å². The summed E-state index contributed by atoms with van der Waals surface area (Å²) in [5.41, 5.74) is 2.55. The largest absolute Gasteiger partial charge is 0.459 e. The van der Waals surface area contributed by atoms with Gasteiger partial charge < -0.3 is 18.9 Å². The number of hydrogen-bond acceptors (Lipinski definition) is 7. The number of ether oxygens (including phenoxy) is 4. The van der Waals surface area contributed by atoms with Crippen LogP contribution in [0.4, 0.5) is 0 Å². The first-order chi connectivity index (χ1) is 19.8. The van der Waals surface area contributed by atoms with Gasteiger partial charge in [0.2, 0.25) is 0 Å². The van der Waals surface area contributed by atoms with E-state index in [1.54, 1.807) is 55.5 Å². The molecule has 0 spiro atoms. The summed E-state index contributed by atoms with van der Waals surface area (Å²) in [5, 5.41) is 0. The van der Waals surface area contributed by atoms with Gasteiger partial charge in [-0.3, -0.25) is 0 Å². The van der Waals surface area contributed by atoms with Crippen LogP contribution in [-0.4, -0.2) is 36.7 Å². The Morgan fingerprint density at radius 2 is 1.17 bits per heavy atom. The predicted molar refractivity (Wildman–Crippen MR) is 158 cm³/mol. The fourth-order valence-electron chi connectivity index (χ4n) is 4.07. The highest BCUT2D eigenvalue weighted by molar-refractivity contribution is 5.94. The summed E-state index contributed by atoms with van der Waals surface area (Å²) in [7, 11) is 0. The standard InChI is InChI=1S/C34H40O7/c1-5-7-8-9-10-24(3)39-33(36)28-11-13-29(14-12-28)34(37)41-31-21-17-27(18-22-31)26-15-19-30(20-16-26)40-32(35)25(4)38-23-6-2/h11-22,24-25H,5-10,23H2,1-4H3/t24-,25-/m0/s1. The number of carbonyl (C=O) groups excluding carboxylic acids is 3. The Kier molecular flexibility index (Phi) is 12.6.